The first-order valence-electron chi connectivity index (χ1n) is 6.32. The molecule has 0 aliphatic carbocycles. The molecule has 110 valence electrons. The molecular formula is C13H12F3N5. The first-order chi connectivity index (χ1) is 9.86. The number of halogens is 3. The Kier molecular flexibility index (Phi) is 2.96. The minimum absolute atomic E-state index is 0.152. The highest BCUT2D eigenvalue weighted by molar-refractivity contribution is 5.75. The van der Waals surface area contributed by atoms with Crippen LogP contribution in [0.2, 0.25) is 0 Å². The molecule has 3 rings (SSSR count). The number of imidazole rings is 1. The van der Waals surface area contributed by atoms with Crippen LogP contribution in [0, 0.1) is 0 Å². The summed E-state index contributed by atoms with van der Waals surface area (Å²) in [5.41, 5.74) is 0.204. The van der Waals surface area contributed by atoms with Crippen molar-refractivity contribution >= 4 is 11.0 Å². The van der Waals surface area contributed by atoms with E-state index in [0.29, 0.717) is 17.2 Å². The minimum Gasteiger partial charge on any atom is -0.301 e. The zero-order valence-electron chi connectivity index (χ0n) is 11.3. The zero-order chi connectivity index (χ0) is 15.2. The summed E-state index contributed by atoms with van der Waals surface area (Å²) in [6.07, 6.45) is -0.406. The SMILES string of the molecule is CC(C)c1nc(C(F)(F)F)cn1-c1cnc2[nH]ncc2c1. The molecule has 0 unspecified atom stereocenters. The third-order valence-corrected chi connectivity index (χ3v) is 3.10. The summed E-state index contributed by atoms with van der Waals surface area (Å²) in [5.74, 6) is 0.188. The number of hydrogen-bond donors (Lipinski definition) is 1. The maximum Gasteiger partial charge on any atom is 0.434 e. The van der Waals surface area contributed by atoms with E-state index >= 15 is 0 Å². The van der Waals surface area contributed by atoms with E-state index in [9.17, 15) is 13.2 Å². The Morgan fingerprint density at radius 1 is 1.24 bits per heavy atom. The summed E-state index contributed by atoms with van der Waals surface area (Å²) in [7, 11) is 0. The Hall–Kier alpha value is -2.38. The van der Waals surface area contributed by atoms with Gasteiger partial charge in [-0.3, -0.25) is 5.10 Å². The van der Waals surface area contributed by atoms with Crippen LogP contribution in [-0.2, 0) is 6.18 Å². The van der Waals surface area contributed by atoms with Crippen LogP contribution >= 0.6 is 0 Å². The highest BCUT2D eigenvalue weighted by Gasteiger charge is 2.35. The van der Waals surface area contributed by atoms with E-state index in [-0.39, 0.29) is 5.92 Å². The lowest BCUT2D eigenvalue weighted by molar-refractivity contribution is -0.141. The quantitative estimate of drug-likeness (QED) is 0.789. The van der Waals surface area contributed by atoms with Gasteiger partial charge in [-0.2, -0.15) is 18.3 Å². The van der Waals surface area contributed by atoms with Gasteiger partial charge in [0.2, 0.25) is 0 Å². The molecule has 0 saturated heterocycles. The summed E-state index contributed by atoms with van der Waals surface area (Å²) in [4.78, 5) is 7.85. The van der Waals surface area contributed by atoms with Crippen LogP contribution in [0.5, 0.6) is 0 Å². The first-order valence-corrected chi connectivity index (χ1v) is 6.32. The van der Waals surface area contributed by atoms with Gasteiger partial charge in [0.05, 0.1) is 18.1 Å². The second-order valence-electron chi connectivity index (χ2n) is 5.01. The van der Waals surface area contributed by atoms with Crippen molar-refractivity contribution in [1.29, 1.82) is 0 Å². The molecule has 3 heterocycles. The van der Waals surface area contributed by atoms with Crippen LogP contribution in [0.15, 0.2) is 24.7 Å². The van der Waals surface area contributed by atoms with Crippen LogP contribution < -0.4 is 0 Å². The van der Waals surface area contributed by atoms with Gasteiger partial charge < -0.3 is 4.57 Å². The van der Waals surface area contributed by atoms with Gasteiger partial charge in [-0.05, 0) is 6.07 Å². The maximum atomic E-state index is 12.9. The van der Waals surface area contributed by atoms with Crippen molar-refractivity contribution in [2.75, 3.05) is 0 Å². The third kappa shape index (κ3) is 2.37. The monoisotopic (exact) mass is 295 g/mol. The molecule has 0 spiro atoms. The maximum absolute atomic E-state index is 12.9. The number of nitrogens with one attached hydrogen (secondary N) is 1. The van der Waals surface area contributed by atoms with Crippen molar-refractivity contribution in [3.8, 4) is 5.69 Å². The van der Waals surface area contributed by atoms with Gasteiger partial charge in [-0.1, -0.05) is 13.8 Å². The third-order valence-electron chi connectivity index (χ3n) is 3.10. The van der Waals surface area contributed by atoms with E-state index in [1.54, 1.807) is 26.1 Å². The van der Waals surface area contributed by atoms with Crippen molar-refractivity contribution in [3.05, 3.63) is 36.2 Å². The zero-order valence-corrected chi connectivity index (χ0v) is 11.3. The number of aromatic amines is 1. The Morgan fingerprint density at radius 2 is 2.00 bits per heavy atom. The smallest absolute Gasteiger partial charge is 0.301 e. The molecule has 5 nitrogen and oxygen atoms in total. The van der Waals surface area contributed by atoms with Gasteiger partial charge in [-0.15, -0.1) is 0 Å². The van der Waals surface area contributed by atoms with Crippen molar-refractivity contribution < 1.29 is 13.2 Å². The van der Waals surface area contributed by atoms with E-state index in [1.807, 2.05) is 0 Å². The molecule has 0 fully saturated rings. The lowest BCUT2D eigenvalue weighted by atomic mass is 10.2. The van der Waals surface area contributed by atoms with Crippen molar-refractivity contribution in [3.63, 3.8) is 0 Å². The average molecular weight is 295 g/mol. The molecule has 0 aliphatic rings. The van der Waals surface area contributed by atoms with Gasteiger partial charge >= 0.3 is 6.18 Å². The second-order valence-corrected chi connectivity index (χ2v) is 5.01. The van der Waals surface area contributed by atoms with Crippen molar-refractivity contribution in [1.82, 2.24) is 24.7 Å². The van der Waals surface area contributed by atoms with E-state index in [4.69, 9.17) is 0 Å². The molecule has 0 saturated carbocycles. The largest absolute Gasteiger partial charge is 0.434 e. The average Bonchev–Trinajstić information content (AvgIpc) is 3.03. The molecule has 21 heavy (non-hydrogen) atoms. The Balaban J connectivity index is 2.17. The van der Waals surface area contributed by atoms with Crippen LogP contribution in [0.1, 0.15) is 31.3 Å². The van der Waals surface area contributed by atoms with Gasteiger partial charge in [0.1, 0.15) is 5.82 Å². The van der Waals surface area contributed by atoms with E-state index in [2.05, 4.69) is 20.2 Å². The molecule has 0 aromatic carbocycles. The summed E-state index contributed by atoms with van der Waals surface area (Å²) >= 11 is 0. The highest BCUT2D eigenvalue weighted by atomic mass is 19.4. The van der Waals surface area contributed by atoms with Gasteiger partial charge in [0.25, 0.3) is 0 Å². The fourth-order valence-electron chi connectivity index (χ4n) is 2.10. The predicted molar refractivity (Wildman–Crippen MR) is 70.1 cm³/mol. The van der Waals surface area contributed by atoms with Crippen molar-refractivity contribution in [2.45, 2.75) is 25.9 Å². The number of hydrogen-bond acceptors (Lipinski definition) is 3. The number of fused-ring (bicyclic) bond motifs is 1. The molecule has 0 bridgehead atoms. The van der Waals surface area contributed by atoms with Crippen LogP contribution in [-0.4, -0.2) is 24.7 Å². The lowest BCUT2D eigenvalue weighted by Crippen LogP contribution is -2.05. The van der Waals surface area contributed by atoms with Gasteiger partial charge in [0, 0.05) is 17.5 Å². The molecule has 1 N–H and O–H groups in total. The summed E-state index contributed by atoms with van der Waals surface area (Å²) < 4.78 is 40.0. The highest BCUT2D eigenvalue weighted by Crippen LogP contribution is 2.31. The van der Waals surface area contributed by atoms with Crippen LogP contribution in [0.4, 0.5) is 13.2 Å². The Morgan fingerprint density at radius 3 is 2.67 bits per heavy atom. The molecule has 0 amide bonds. The summed E-state index contributed by atoms with van der Waals surface area (Å²) in [6.45, 7) is 3.59. The molecule has 0 atom stereocenters. The van der Waals surface area contributed by atoms with Crippen molar-refractivity contribution in [2.24, 2.45) is 0 Å². The Bertz CT molecular complexity index is 785. The first kappa shape index (κ1) is 13.6. The van der Waals surface area contributed by atoms with Gasteiger partial charge in [-0.25, -0.2) is 9.97 Å². The topological polar surface area (TPSA) is 59.4 Å². The number of H-pyrrole nitrogens is 1. The van der Waals surface area contributed by atoms with Gasteiger partial charge in [0.15, 0.2) is 11.3 Å². The normalized spacial score (nSPS) is 12.5. The summed E-state index contributed by atoms with van der Waals surface area (Å²) in [6, 6.07) is 1.72. The number of nitrogens with zero attached hydrogens (tertiary/aromatic N) is 4. The molecule has 0 aliphatic heterocycles. The summed E-state index contributed by atoms with van der Waals surface area (Å²) in [5, 5.41) is 7.27. The van der Waals surface area contributed by atoms with E-state index in [0.717, 1.165) is 11.6 Å². The molecule has 0 radical (unpaired) electrons. The molecule has 3 aromatic heterocycles. The van der Waals surface area contributed by atoms with E-state index in [1.165, 1.54) is 10.8 Å². The lowest BCUT2D eigenvalue weighted by Gasteiger charge is -2.09. The van der Waals surface area contributed by atoms with Crippen LogP contribution in [0.3, 0.4) is 0 Å². The molecule has 3 aromatic rings. The van der Waals surface area contributed by atoms with Crippen LogP contribution in [0.25, 0.3) is 16.7 Å². The van der Waals surface area contributed by atoms with E-state index < -0.39 is 11.9 Å². The predicted octanol–water partition coefficient (Wildman–Crippen LogP) is 3.29. The number of alkyl halides is 3. The number of aromatic nitrogens is 5. The standard InChI is InChI=1S/C13H12F3N5/c1-7(2)12-19-10(13(14,15)16)6-21(12)9-3-8-4-18-20-11(8)17-5-9/h3-7H,1-2H3,(H,17,18,20). The molecular weight excluding hydrogens is 283 g/mol. The molecule has 8 heteroatoms. The second kappa shape index (κ2) is 4.57. The minimum atomic E-state index is -4.47. The number of rotatable bonds is 2. The number of pyridine rings is 1. The fraction of sp³-hybridized carbons (Fsp3) is 0.308. The fourth-order valence-corrected chi connectivity index (χ4v) is 2.10. The Labute approximate surface area is 117 Å².